The van der Waals surface area contributed by atoms with Crippen molar-refractivity contribution in [2.75, 3.05) is 13.2 Å². The highest BCUT2D eigenvalue weighted by Gasteiger charge is 2.30. The van der Waals surface area contributed by atoms with Crippen LogP contribution < -0.4 is 18.9 Å². The normalized spacial score (nSPS) is 12.4. The molecule has 0 fully saturated rings. The van der Waals surface area contributed by atoms with Crippen LogP contribution >= 0.6 is 0 Å². The van der Waals surface area contributed by atoms with Crippen LogP contribution in [0, 0.1) is 15.9 Å². The van der Waals surface area contributed by atoms with E-state index < -0.39 is 34.0 Å². The molecule has 47 heavy (non-hydrogen) atoms. The maximum absolute atomic E-state index is 15.2. The molecule has 0 aliphatic rings. The van der Waals surface area contributed by atoms with Crippen molar-refractivity contribution < 1.29 is 37.6 Å². The van der Waals surface area contributed by atoms with Gasteiger partial charge in [-0.1, -0.05) is 51.8 Å². The third-order valence-electron chi connectivity index (χ3n) is 7.30. The molecule has 4 aromatic rings. The van der Waals surface area contributed by atoms with E-state index in [0.717, 1.165) is 19.3 Å². The Labute approximate surface area is 277 Å². The molecule has 0 amide bonds. The SMILES string of the molecule is CCCCCC(Oc1c(OCCC)c(OCCC)c(OC(C)=O)c2cc([S+]([O-])c3ccc([N+](=O)[O-])cc3)ccc12)c1ccccc1F. The van der Waals surface area contributed by atoms with E-state index in [1.165, 1.54) is 37.3 Å². The molecule has 2 atom stereocenters. The van der Waals surface area contributed by atoms with E-state index >= 15 is 4.39 Å². The Bertz CT molecular complexity index is 1680. The molecule has 0 N–H and O–H groups in total. The van der Waals surface area contributed by atoms with Crippen LogP contribution in [0.2, 0.25) is 0 Å². The monoisotopic (exact) mass is 665 g/mol. The Morgan fingerprint density at radius 3 is 2.06 bits per heavy atom. The third kappa shape index (κ3) is 8.72. The molecular formula is C36H40FNO8S. The summed E-state index contributed by atoms with van der Waals surface area (Å²) in [6, 6.07) is 16.9. The predicted molar refractivity (Wildman–Crippen MR) is 179 cm³/mol. The van der Waals surface area contributed by atoms with Crippen molar-refractivity contribution in [2.45, 2.75) is 82.1 Å². The number of esters is 1. The van der Waals surface area contributed by atoms with Gasteiger partial charge >= 0.3 is 5.97 Å². The number of hydrogen-bond acceptors (Lipinski definition) is 8. The fourth-order valence-electron chi connectivity index (χ4n) is 5.07. The molecule has 4 aromatic carbocycles. The Morgan fingerprint density at radius 1 is 0.830 bits per heavy atom. The summed E-state index contributed by atoms with van der Waals surface area (Å²) in [6.07, 6.45) is 3.85. The number of carbonyl (C=O) groups is 1. The van der Waals surface area contributed by atoms with Crippen LogP contribution in [0.25, 0.3) is 10.8 Å². The summed E-state index contributed by atoms with van der Waals surface area (Å²) >= 11 is -1.75. The van der Waals surface area contributed by atoms with Crippen LogP contribution in [0.5, 0.6) is 23.0 Å². The maximum atomic E-state index is 15.2. The van der Waals surface area contributed by atoms with Gasteiger partial charge in [-0.05, 0) is 43.9 Å². The number of ether oxygens (including phenoxy) is 4. The lowest BCUT2D eigenvalue weighted by Crippen LogP contribution is -2.13. The van der Waals surface area contributed by atoms with Crippen LogP contribution in [0.3, 0.4) is 0 Å². The molecule has 0 heterocycles. The zero-order valence-corrected chi connectivity index (χ0v) is 27.9. The summed E-state index contributed by atoms with van der Waals surface area (Å²) in [5, 5.41) is 12.0. The Kier molecular flexibility index (Phi) is 12.8. The van der Waals surface area contributed by atoms with E-state index in [9.17, 15) is 19.5 Å². The number of non-ortho nitro benzene ring substituents is 1. The fourth-order valence-corrected chi connectivity index (χ4v) is 6.14. The van der Waals surface area contributed by atoms with Gasteiger partial charge in [0, 0.05) is 64.8 Å². The number of nitro benzene ring substituents is 1. The van der Waals surface area contributed by atoms with Gasteiger partial charge in [0.05, 0.1) is 18.1 Å². The molecule has 0 bridgehead atoms. The van der Waals surface area contributed by atoms with E-state index in [0.29, 0.717) is 52.0 Å². The maximum Gasteiger partial charge on any atom is 0.308 e. The van der Waals surface area contributed by atoms with Gasteiger partial charge in [0.15, 0.2) is 21.3 Å². The second-order valence-electron chi connectivity index (χ2n) is 11.0. The molecule has 0 aliphatic heterocycles. The van der Waals surface area contributed by atoms with E-state index in [1.807, 2.05) is 13.8 Å². The molecule has 250 valence electrons. The highest BCUT2D eigenvalue weighted by Crippen LogP contribution is 2.53. The number of nitrogens with zero attached hydrogens (tertiary/aromatic N) is 1. The van der Waals surface area contributed by atoms with Gasteiger partial charge in [-0.15, -0.1) is 0 Å². The largest absolute Gasteiger partial charge is 0.606 e. The summed E-state index contributed by atoms with van der Waals surface area (Å²) < 4.78 is 53.9. The molecule has 0 aliphatic carbocycles. The van der Waals surface area contributed by atoms with Crippen LogP contribution in [-0.2, 0) is 16.0 Å². The zero-order chi connectivity index (χ0) is 33.9. The molecule has 0 aromatic heterocycles. The van der Waals surface area contributed by atoms with Crippen LogP contribution in [-0.4, -0.2) is 28.7 Å². The third-order valence-corrected chi connectivity index (χ3v) is 8.69. The van der Waals surface area contributed by atoms with Gasteiger partial charge in [0.25, 0.3) is 5.69 Å². The molecule has 4 rings (SSSR count). The summed E-state index contributed by atoms with van der Waals surface area (Å²) in [5.74, 6) is -0.256. The summed E-state index contributed by atoms with van der Waals surface area (Å²) in [4.78, 5) is 23.8. The smallest absolute Gasteiger partial charge is 0.308 e. The van der Waals surface area contributed by atoms with Crippen molar-refractivity contribution in [3.63, 3.8) is 0 Å². The standard InChI is InChI=1S/C36H40FNO8S/c1-5-8-9-14-32(29-12-10-11-13-31(29)37)46-33-28-20-19-27(47(42)26-17-15-25(16-18-26)38(40)41)23-30(28)34(45-24(4)39)36(44-22-7-3)35(33)43-21-6-2/h10-13,15-20,23,32H,5-9,14,21-22H2,1-4H3. The number of fused-ring (bicyclic) bond motifs is 1. The minimum atomic E-state index is -1.75. The van der Waals surface area contributed by atoms with Crippen molar-refractivity contribution in [1.29, 1.82) is 0 Å². The van der Waals surface area contributed by atoms with Gasteiger partial charge in [-0.25, -0.2) is 4.39 Å². The van der Waals surface area contributed by atoms with E-state index in [4.69, 9.17) is 18.9 Å². The number of unbranched alkanes of at least 4 members (excludes halogenated alkanes) is 2. The fraction of sp³-hybridized carbons (Fsp3) is 0.361. The molecular weight excluding hydrogens is 625 g/mol. The van der Waals surface area contributed by atoms with Crippen LogP contribution in [0.4, 0.5) is 10.1 Å². The summed E-state index contributed by atoms with van der Waals surface area (Å²) in [5.41, 5.74) is 0.276. The molecule has 2 unspecified atom stereocenters. The molecule has 9 nitrogen and oxygen atoms in total. The second kappa shape index (κ2) is 17.0. The molecule has 0 radical (unpaired) electrons. The lowest BCUT2D eigenvalue weighted by Gasteiger charge is -2.26. The van der Waals surface area contributed by atoms with Gasteiger partial charge in [0.2, 0.25) is 11.5 Å². The molecule has 0 saturated heterocycles. The van der Waals surface area contributed by atoms with Gasteiger partial charge in [0.1, 0.15) is 11.9 Å². The number of halogens is 1. The lowest BCUT2D eigenvalue weighted by atomic mass is 10.0. The van der Waals surface area contributed by atoms with E-state index in [1.54, 1.807) is 36.4 Å². The minimum absolute atomic E-state index is 0.0791. The molecule has 0 spiro atoms. The number of benzene rings is 4. The number of nitro groups is 1. The van der Waals surface area contributed by atoms with Gasteiger partial charge in [-0.2, -0.15) is 0 Å². The van der Waals surface area contributed by atoms with Gasteiger partial charge in [-0.3, -0.25) is 14.9 Å². The van der Waals surface area contributed by atoms with Crippen molar-refractivity contribution in [3.05, 3.63) is 88.2 Å². The number of rotatable bonds is 17. The molecule has 11 heteroatoms. The van der Waals surface area contributed by atoms with Crippen LogP contribution in [0.15, 0.2) is 76.5 Å². The van der Waals surface area contributed by atoms with Gasteiger partial charge < -0.3 is 23.5 Å². The predicted octanol–water partition coefficient (Wildman–Crippen LogP) is 9.26. The lowest BCUT2D eigenvalue weighted by molar-refractivity contribution is -0.384. The topological polar surface area (TPSA) is 120 Å². The van der Waals surface area contributed by atoms with E-state index in [2.05, 4.69) is 6.92 Å². The summed E-state index contributed by atoms with van der Waals surface area (Å²) in [7, 11) is 0. The van der Waals surface area contributed by atoms with Crippen molar-refractivity contribution in [3.8, 4) is 23.0 Å². The average Bonchev–Trinajstić information content (AvgIpc) is 3.07. The van der Waals surface area contributed by atoms with Crippen LogP contribution in [0.1, 0.15) is 77.9 Å². The number of carbonyl (C=O) groups excluding carboxylic acids is 1. The first-order chi connectivity index (χ1) is 22.7. The first-order valence-electron chi connectivity index (χ1n) is 15.8. The first-order valence-corrected chi connectivity index (χ1v) is 17.0. The summed E-state index contributed by atoms with van der Waals surface area (Å²) in [6.45, 7) is 7.81. The Hall–Kier alpha value is -4.35. The quantitative estimate of drug-likeness (QED) is 0.0273. The van der Waals surface area contributed by atoms with Crippen molar-refractivity contribution in [2.24, 2.45) is 0 Å². The Balaban J connectivity index is 1.98. The minimum Gasteiger partial charge on any atom is -0.606 e. The number of hydrogen-bond donors (Lipinski definition) is 0. The van der Waals surface area contributed by atoms with Crippen molar-refractivity contribution >= 4 is 33.6 Å². The van der Waals surface area contributed by atoms with Crippen molar-refractivity contribution in [1.82, 2.24) is 0 Å². The highest BCUT2D eigenvalue weighted by molar-refractivity contribution is 7.91. The molecule has 0 saturated carbocycles. The zero-order valence-electron chi connectivity index (χ0n) is 27.1. The average molecular weight is 666 g/mol. The Morgan fingerprint density at radius 2 is 1.47 bits per heavy atom. The highest BCUT2D eigenvalue weighted by atomic mass is 32.2. The van der Waals surface area contributed by atoms with E-state index in [-0.39, 0.29) is 35.3 Å². The second-order valence-corrected chi connectivity index (χ2v) is 12.4. The first kappa shape index (κ1) is 35.5.